The van der Waals surface area contributed by atoms with Gasteiger partial charge in [0.1, 0.15) is 0 Å². The molecule has 0 saturated carbocycles. The van der Waals surface area contributed by atoms with Crippen LogP contribution in [-0.2, 0) is 12.4 Å². The minimum atomic E-state index is -5.04. The van der Waals surface area contributed by atoms with Gasteiger partial charge >= 0.3 is 12.4 Å². The minimum Gasteiger partial charge on any atom is -0.355 e. The Bertz CT molecular complexity index is 432. The molecule has 0 fully saturated rings. The summed E-state index contributed by atoms with van der Waals surface area (Å²) in [5, 5.41) is 1.77. The Labute approximate surface area is 111 Å². The summed E-state index contributed by atoms with van der Waals surface area (Å²) in [5.41, 5.74) is -4.65. The maximum Gasteiger partial charge on any atom is 0.417 e. The van der Waals surface area contributed by atoms with Crippen LogP contribution in [0.4, 0.5) is 26.3 Å². The normalized spacial score (nSPS) is 11.4. The molecule has 0 spiro atoms. The molecular formula is C12H13F6NO. The third kappa shape index (κ3) is 4.14. The van der Waals surface area contributed by atoms with Gasteiger partial charge in [0.05, 0.1) is 16.7 Å². The molecule has 1 rings (SSSR count). The van der Waals surface area contributed by atoms with E-state index in [1.807, 2.05) is 13.8 Å². The van der Waals surface area contributed by atoms with Crippen molar-refractivity contribution >= 4 is 5.91 Å². The minimum absolute atomic E-state index is 0.430. The van der Waals surface area contributed by atoms with Crippen molar-refractivity contribution in [1.82, 2.24) is 5.32 Å². The summed E-state index contributed by atoms with van der Waals surface area (Å²) < 4.78 is 75.4. The molecule has 1 aromatic carbocycles. The molecule has 1 amide bonds. The van der Waals surface area contributed by atoms with Gasteiger partial charge in [0, 0.05) is 7.05 Å². The van der Waals surface area contributed by atoms with E-state index in [-0.39, 0.29) is 0 Å². The predicted octanol–water partition coefficient (Wildman–Crippen LogP) is 4.11. The van der Waals surface area contributed by atoms with Crippen LogP contribution in [0.15, 0.2) is 18.2 Å². The average molecular weight is 301 g/mol. The first-order chi connectivity index (χ1) is 9.09. The number of halogens is 6. The summed E-state index contributed by atoms with van der Waals surface area (Å²) in [7, 11) is 0.954. The van der Waals surface area contributed by atoms with E-state index in [0.29, 0.717) is 18.2 Å². The number of hydrogen-bond donors (Lipinski definition) is 1. The molecule has 2 nitrogen and oxygen atoms in total. The van der Waals surface area contributed by atoms with Crippen LogP contribution in [0, 0.1) is 0 Å². The lowest BCUT2D eigenvalue weighted by atomic mass is 9.99. The van der Waals surface area contributed by atoms with Crippen molar-refractivity contribution < 1.29 is 31.1 Å². The van der Waals surface area contributed by atoms with Gasteiger partial charge in [-0.15, -0.1) is 0 Å². The van der Waals surface area contributed by atoms with E-state index >= 15 is 0 Å². The van der Waals surface area contributed by atoms with E-state index in [0.717, 1.165) is 7.05 Å². The smallest absolute Gasteiger partial charge is 0.355 e. The Hall–Kier alpha value is -1.73. The Balaban J connectivity index is 0.00000172. The second-order valence-corrected chi connectivity index (χ2v) is 3.30. The fourth-order valence-corrected chi connectivity index (χ4v) is 1.39. The SMILES string of the molecule is CC.CNC(=O)c1c(C(F)(F)F)cccc1C(F)(F)F. The maximum absolute atomic E-state index is 12.6. The van der Waals surface area contributed by atoms with Gasteiger partial charge in [-0.05, 0) is 12.1 Å². The third-order valence-corrected chi connectivity index (χ3v) is 2.13. The van der Waals surface area contributed by atoms with E-state index in [2.05, 4.69) is 0 Å². The average Bonchev–Trinajstić information content (AvgIpc) is 2.37. The van der Waals surface area contributed by atoms with Crippen LogP contribution < -0.4 is 5.32 Å². The fourth-order valence-electron chi connectivity index (χ4n) is 1.39. The van der Waals surface area contributed by atoms with Crippen LogP contribution in [-0.4, -0.2) is 13.0 Å². The van der Waals surface area contributed by atoms with Crippen molar-refractivity contribution in [3.05, 3.63) is 34.9 Å². The van der Waals surface area contributed by atoms with Crippen molar-refractivity contribution in [2.24, 2.45) is 0 Å². The van der Waals surface area contributed by atoms with Crippen LogP contribution in [0.5, 0.6) is 0 Å². The van der Waals surface area contributed by atoms with Crippen LogP contribution in [0.2, 0.25) is 0 Å². The predicted molar refractivity (Wildman–Crippen MR) is 61.2 cm³/mol. The largest absolute Gasteiger partial charge is 0.417 e. The van der Waals surface area contributed by atoms with Crippen LogP contribution in [0.3, 0.4) is 0 Å². The third-order valence-electron chi connectivity index (χ3n) is 2.13. The van der Waals surface area contributed by atoms with Crippen LogP contribution in [0.25, 0.3) is 0 Å². The van der Waals surface area contributed by atoms with Gasteiger partial charge in [-0.2, -0.15) is 26.3 Å². The van der Waals surface area contributed by atoms with E-state index in [9.17, 15) is 31.1 Å². The topological polar surface area (TPSA) is 29.1 Å². The molecule has 0 saturated heterocycles. The van der Waals surface area contributed by atoms with Crippen molar-refractivity contribution in [3.63, 3.8) is 0 Å². The highest BCUT2D eigenvalue weighted by molar-refractivity contribution is 5.97. The van der Waals surface area contributed by atoms with E-state index in [4.69, 9.17) is 0 Å². The Kier molecular flexibility index (Phi) is 6.05. The lowest BCUT2D eigenvalue weighted by Crippen LogP contribution is -2.26. The quantitative estimate of drug-likeness (QED) is 0.777. The summed E-state index contributed by atoms with van der Waals surface area (Å²) in [5.74, 6) is -1.43. The number of carbonyl (C=O) groups is 1. The highest BCUT2D eigenvalue weighted by Gasteiger charge is 2.42. The molecule has 0 bridgehead atoms. The standard InChI is InChI=1S/C10H7F6NO.C2H6/c1-17-8(18)7-5(9(11,12)13)3-2-4-6(7)10(14,15)16;1-2/h2-4H,1H3,(H,17,18);1-2H3. The number of carbonyl (C=O) groups excluding carboxylic acids is 1. The zero-order chi connectivity index (χ0) is 16.1. The molecule has 0 unspecified atom stereocenters. The van der Waals surface area contributed by atoms with Gasteiger partial charge in [0.15, 0.2) is 0 Å². The van der Waals surface area contributed by atoms with Crippen LogP contribution >= 0.6 is 0 Å². The molecule has 0 aromatic heterocycles. The zero-order valence-electron chi connectivity index (χ0n) is 10.9. The summed E-state index contributed by atoms with van der Waals surface area (Å²) in [4.78, 5) is 11.2. The molecule has 114 valence electrons. The molecule has 1 N–H and O–H groups in total. The molecule has 20 heavy (non-hydrogen) atoms. The van der Waals surface area contributed by atoms with E-state index in [1.54, 1.807) is 5.32 Å². The second kappa shape index (κ2) is 6.62. The summed E-state index contributed by atoms with van der Waals surface area (Å²) in [6.45, 7) is 4.00. The Morgan fingerprint density at radius 1 is 0.950 bits per heavy atom. The van der Waals surface area contributed by atoms with Gasteiger partial charge in [0.25, 0.3) is 5.91 Å². The van der Waals surface area contributed by atoms with Crippen molar-refractivity contribution in [1.29, 1.82) is 0 Å². The molecule has 0 aliphatic carbocycles. The monoisotopic (exact) mass is 301 g/mol. The maximum atomic E-state index is 12.6. The fraction of sp³-hybridized carbons (Fsp3) is 0.417. The molecule has 0 atom stereocenters. The van der Waals surface area contributed by atoms with Gasteiger partial charge in [-0.1, -0.05) is 19.9 Å². The number of alkyl halides is 6. The van der Waals surface area contributed by atoms with Crippen molar-refractivity contribution in [2.75, 3.05) is 7.05 Å². The number of nitrogens with one attached hydrogen (secondary N) is 1. The van der Waals surface area contributed by atoms with Gasteiger partial charge in [-0.25, -0.2) is 0 Å². The first kappa shape index (κ1) is 18.3. The first-order valence-electron chi connectivity index (χ1n) is 5.58. The molecule has 0 aliphatic heterocycles. The van der Waals surface area contributed by atoms with Gasteiger partial charge in [-0.3, -0.25) is 4.79 Å². The Morgan fingerprint density at radius 3 is 1.55 bits per heavy atom. The zero-order valence-corrected chi connectivity index (χ0v) is 10.9. The molecule has 8 heteroatoms. The van der Waals surface area contributed by atoms with Gasteiger partial charge < -0.3 is 5.32 Å². The van der Waals surface area contributed by atoms with Crippen molar-refractivity contribution in [3.8, 4) is 0 Å². The molecular weight excluding hydrogens is 288 g/mol. The molecule has 0 aliphatic rings. The van der Waals surface area contributed by atoms with Gasteiger partial charge in [0.2, 0.25) is 0 Å². The highest BCUT2D eigenvalue weighted by atomic mass is 19.4. The highest BCUT2D eigenvalue weighted by Crippen LogP contribution is 2.39. The van der Waals surface area contributed by atoms with E-state index in [1.165, 1.54) is 0 Å². The first-order valence-corrected chi connectivity index (χ1v) is 5.58. The molecule has 0 heterocycles. The number of hydrogen-bond acceptors (Lipinski definition) is 1. The second-order valence-electron chi connectivity index (χ2n) is 3.30. The lowest BCUT2D eigenvalue weighted by Gasteiger charge is -2.17. The lowest BCUT2D eigenvalue weighted by molar-refractivity contribution is -0.143. The van der Waals surface area contributed by atoms with Crippen molar-refractivity contribution in [2.45, 2.75) is 26.2 Å². The van der Waals surface area contributed by atoms with Crippen LogP contribution in [0.1, 0.15) is 35.3 Å². The Morgan fingerprint density at radius 2 is 1.30 bits per heavy atom. The number of benzene rings is 1. The number of amides is 1. The van der Waals surface area contributed by atoms with E-state index < -0.39 is 35.0 Å². The number of rotatable bonds is 1. The summed E-state index contributed by atoms with van der Waals surface area (Å²) in [6.07, 6.45) is -10.1. The molecule has 0 radical (unpaired) electrons. The molecule has 1 aromatic rings. The summed E-state index contributed by atoms with van der Waals surface area (Å²) >= 11 is 0. The summed E-state index contributed by atoms with van der Waals surface area (Å²) in [6, 6.07) is 1.47.